The van der Waals surface area contributed by atoms with Crippen molar-refractivity contribution >= 4 is 59.0 Å². The molecule has 0 aliphatic heterocycles. The summed E-state index contributed by atoms with van der Waals surface area (Å²) in [6, 6.07) is 15.2. The first-order chi connectivity index (χ1) is 14.8. The van der Waals surface area contributed by atoms with E-state index in [1.807, 2.05) is 0 Å². The van der Waals surface area contributed by atoms with E-state index in [-0.39, 0.29) is 21.8 Å². The smallest absolute Gasteiger partial charge is 0.350 e. The van der Waals surface area contributed by atoms with Crippen molar-refractivity contribution in [3.63, 3.8) is 0 Å². The van der Waals surface area contributed by atoms with Crippen LogP contribution in [0.15, 0.2) is 48.5 Å². The van der Waals surface area contributed by atoms with E-state index in [0.717, 1.165) is 10.4 Å². The number of methoxy groups -OCH3 is 1. The minimum Gasteiger partial charge on any atom is -0.465 e. The van der Waals surface area contributed by atoms with E-state index in [9.17, 15) is 9.36 Å². The SMILES string of the molecule is CCOP(=O)(Nc1cc(-c2ccc(C#N)cc2)sc1C(=O)OC)c1ccc(Cl)cc1Cl. The molecule has 160 valence electrons. The highest BCUT2D eigenvalue weighted by atomic mass is 35.5. The summed E-state index contributed by atoms with van der Waals surface area (Å²) >= 11 is 13.4. The number of hydrogen-bond donors (Lipinski definition) is 1. The lowest BCUT2D eigenvalue weighted by Crippen LogP contribution is -2.16. The van der Waals surface area contributed by atoms with Gasteiger partial charge in [-0.2, -0.15) is 5.26 Å². The molecule has 1 atom stereocenters. The van der Waals surface area contributed by atoms with Crippen LogP contribution in [0.3, 0.4) is 0 Å². The maximum absolute atomic E-state index is 13.8. The van der Waals surface area contributed by atoms with E-state index in [2.05, 4.69) is 11.2 Å². The van der Waals surface area contributed by atoms with Crippen LogP contribution in [0.25, 0.3) is 10.4 Å². The van der Waals surface area contributed by atoms with Gasteiger partial charge in [-0.3, -0.25) is 4.57 Å². The van der Waals surface area contributed by atoms with Crippen molar-refractivity contribution in [2.75, 3.05) is 18.8 Å². The van der Waals surface area contributed by atoms with Crippen LogP contribution < -0.4 is 10.4 Å². The van der Waals surface area contributed by atoms with E-state index >= 15 is 0 Å². The Kier molecular flexibility index (Phi) is 7.42. The highest BCUT2D eigenvalue weighted by molar-refractivity contribution is 7.68. The van der Waals surface area contributed by atoms with E-state index < -0.39 is 13.5 Å². The molecule has 3 rings (SSSR count). The Hall–Kier alpha value is -2.33. The second kappa shape index (κ2) is 9.86. The van der Waals surface area contributed by atoms with Crippen LogP contribution in [0, 0.1) is 11.3 Å². The lowest BCUT2D eigenvalue weighted by atomic mass is 10.1. The number of rotatable bonds is 7. The number of halogens is 2. The second-order valence-electron chi connectivity index (χ2n) is 6.21. The van der Waals surface area contributed by atoms with Gasteiger partial charge in [0.2, 0.25) is 0 Å². The van der Waals surface area contributed by atoms with Crippen molar-refractivity contribution in [2.24, 2.45) is 0 Å². The van der Waals surface area contributed by atoms with Crippen LogP contribution in [0.2, 0.25) is 10.0 Å². The summed E-state index contributed by atoms with van der Waals surface area (Å²) in [6.07, 6.45) is 0. The summed E-state index contributed by atoms with van der Waals surface area (Å²) in [4.78, 5) is 13.4. The van der Waals surface area contributed by atoms with Gasteiger partial charge in [-0.1, -0.05) is 35.3 Å². The monoisotopic (exact) mass is 494 g/mol. The van der Waals surface area contributed by atoms with Crippen LogP contribution in [0.5, 0.6) is 0 Å². The molecule has 0 bridgehead atoms. The predicted molar refractivity (Wildman–Crippen MR) is 125 cm³/mol. The van der Waals surface area contributed by atoms with Gasteiger partial charge in [0.05, 0.1) is 41.4 Å². The zero-order valence-corrected chi connectivity index (χ0v) is 19.7. The fraction of sp³-hybridized carbons (Fsp3) is 0.143. The fourth-order valence-electron chi connectivity index (χ4n) is 2.79. The molecule has 0 spiro atoms. The maximum atomic E-state index is 13.8. The molecular formula is C21H17Cl2N2O4PS. The highest BCUT2D eigenvalue weighted by Crippen LogP contribution is 2.50. The number of carbonyl (C=O) groups excluding carboxylic acids is 1. The molecule has 2 aromatic carbocycles. The summed E-state index contributed by atoms with van der Waals surface area (Å²) in [6.45, 7) is 1.85. The normalized spacial score (nSPS) is 12.6. The molecule has 0 aliphatic carbocycles. The van der Waals surface area contributed by atoms with Crippen molar-refractivity contribution in [1.29, 1.82) is 5.26 Å². The molecule has 0 aliphatic rings. The van der Waals surface area contributed by atoms with Crippen molar-refractivity contribution in [3.05, 3.63) is 69.0 Å². The van der Waals surface area contributed by atoms with Gasteiger partial charge in [0, 0.05) is 9.90 Å². The topological polar surface area (TPSA) is 88.4 Å². The summed E-state index contributed by atoms with van der Waals surface area (Å²) in [5.74, 6) is -0.586. The summed E-state index contributed by atoms with van der Waals surface area (Å²) in [5, 5.41) is 12.7. The Morgan fingerprint density at radius 3 is 2.48 bits per heavy atom. The van der Waals surface area contributed by atoms with Crippen molar-refractivity contribution in [2.45, 2.75) is 6.92 Å². The summed E-state index contributed by atoms with van der Waals surface area (Å²) < 4.78 is 24.2. The average Bonchev–Trinajstić information content (AvgIpc) is 3.16. The van der Waals surface area contributed by atoms with Crippen LogP contribution in [-0.4, -0.2) is 19.7 Å². The van der Waals surface area contributed by atoms with E-state index in [1.165, 1.54) is 30.6 Å². The number of anilines is 1. The first-order valence-corrected chi connectivity index (χ1v) is 12.2. The number of thiophene rings is 1. The van der Waals surface area contributed by atoms with Gasteiger partial charge >= 0.3 is 13.5 Å². The number of benzene rings is 2. The van der Waals surface area contributed by atoms with E-state index in [4.69, 9.17) is 37.7 Å². The maximum Gasteiger partial charge on any atom is 0.350 e. The zero-order chi connectivity index (χ0) is 22.6. The van der Waals surface area contributed by atoms with Crippen molar-refractivity contribution in [1.82, 2.24) is 0 Å². The third kappa shape index (κ3) is 5.12. The number of nitriles is 1. The van der Waals surface area contributed by atoms with Gasteiger partial charge < -0.3 is 14.3 Å². The van der Waals surface area contributed by atoms with Crippen molar-refractivity contribution < 1.29 is 18.6 Å². The first-order valence-electron chi connectivity index (χ1n) is 9.02. The van der Waals surface area contributed by atoms with Crippen LogP contribution >= 0.6 is 42.1 Å². The number of nitrogens with one attached hydrogen (secondary N) is 1. The molecule has 6 nitrogen and oxygen atoms in total. The lowest BCUT2D eigenvalue weighted by Gasteiger charge is -2.21. The Balaban J connectivity index is 2.08. The predicted octanol–water partition coefficient (Wildman–Crippen LogP) is 6.35. The molecule has 1 aromatic heterocycles. The number of hydrogen-bond acceptors (Lipinski definition) is 6. The molecule has 1 heterocycles. The Morgan fingerprint density at radius 2 is 1.90 bits per heavy atom. The Bertz CT molecular complexity index is 1210. The fourth-order valence-corrected chi connectivity index (χ4v) is 6.45. The summed E-state index contributed by atoms with van der Waals surface area (Å²) in [7, 11) is -2.43. The van der Waals surface area contributed by atoms with Gasteiger partial charge in [-0.15, -0.1) is 11.3 Å². The molecule has 10 heteroatoms. The van der Waals surface area contributed by atoms with E-state index in [1.54, 1.807) is 43.3 Å². The molecule has 0 saturated heterocycles. The minimum absolute atomic E-state index is 0.142. The van der Waals surface area contributed by atoms with Gasteiger partial charge in [-0.25, -0.2) is 4.79 Å². The molecule has 0 radical (unpaired) electrons. The van der Waals surface area contributed by atoms with Gasteiger partial charge in [-0.05, 0) is 48.9 Å². The third-order valence-electron chi connectivity index (χ3n) is 4.21. The molecular weight excluding hydrogens is 478 g/mol. The zero-order valence-electron chi connectivity index (χ0n) is 16.5. The van der Waals surface area contributed by atoms with Gasteiger partial charge in [0.25, 0.3) is 0 Å². The molecule has 1 unspecified atom stereocenters. The number of nitrogens with zero attached hydrogens (tertiary/aromatic N) is 1. The lowest BCUT2D eigenvalue weighted by molar-refractivity contribution is 0.0607. The number of carbonyl (C=O) groups is 1. The molecule has 0 saturated carbocycles. The van der Waals surface area contributed by atoms with Crippen LogP contribution in [0.4, 0.5) is 5.69 Å². The number of esters is 1. The molecule has 3 aromatic rings. The molecule has 1 N–H and O–H groups in total. The molecule has 0 amide bonds. The van der Waals surface area contributed by atoms with Crippen LogP contribution in [-0.2, 0) is 13.8 Å². The largest absolute Gasteiger partial charge is 0.465 e. The Labute approximate surface area is 193 Å². The summed E-state index contributed by atoms with van der Waals surface area (Å²) in [5.41, 5.74) is 1.60. The third-order valence-corrected chi connectivity index (χ3v) is 8.23. The van der Waals surface area contributed by atoms with Crippen LogP contribution in [0.1, 0.15) is 22.2 Å². The highest BCUT2D eigenvalue weighted by Gasteiger charge is 2.31. The average molecular weight is 495 g/mol. The molecule has 31 heavy (non-hydrogen) atoms. The molecule has 0 fully saturated rings. The minimum atomic E-state index is -3.70. The Morgan fingerprint density at radius 1 is 1.19 bits per heavy atom. The van der Waals surface area contributed by atoms with E-state index in [0.29, 0.717) is 16.3 Å². The second-order valence-corrected chi connectivity index (χ2v) is 10.2. The first kappa shape index (κ1) is 23.3. The van der Waals surface area contributed by atoms with Crippen molar-refractivity contribution in [3.8, 4) is 16.5 Å². The number of ether oxygens (including phenoxy) is 1. The standard InChI is InChI=1S/C21H17Cl2N2O4PS/c1-3-29-30(27,18-9-8-15(22)10-16(18)23)25-17-11-19(31-20(17)21(26)28-2)14-6-4-13(12-24)5-7-14/h4-11H,3H2,1-2H3,(H,25,27). The van der Waals surface area contributed by atoms with Gasteiger partial charge in [0.1, 0.15) is 4.88 Å². The van der Waals surface area contributed by atoms with Gasteiger partial charge in [0.15, 0.2) is 0 Å². The quantitative estimate of drug-likeness (QED) is 0.304.